The van der Waals surface area contributed by atoms with Gasteiger partial charge in [0.15, 0.2) is 0 Å². The Labute approximate surface area is 233 Å². The Bertz CT molecular complexity index is 1220. The van der Waals surface area contributed by atoms with Crippen LogP contribution in [0.2, 0.25) is 0 Å². The van der Waals surface area contributed by atoms with Gasteiger partial charge in [0, 0.05) is 26.2 Å². The van der Waals surface area contributed by atoms with E-state index in [-0.39, 0.29) is 21.8 Å². The molecule has 1 saturated heterocycles. The van der Waals surface area contributed by atoms with Crippen molar-refractivity contribution in [2.45, 2.75) is 63.2 Å². The van der Waals surface area contributed by atoms with Crippen molar-refractivity contribution < 1.29 is 22.7 Å². The SMILES string of the molecule is CCCCN1CCOc2ccccc2CCCCC2(CCN(C(=O)c3cc(S(N)(=O)=O)ccc3OC)CC2)C1. The number of sulfonamides is 1. The first-order chi connectivity index (χ1) is 18.7. The third-order valence-corrected chi connectivity index (χ3v) is 9.18. The van der Waals surface area contributed by atoms with E-state index in [4.69, 9.17) is 14.6 Å². The fraction of sp³-hybridized carbons (Fsp3) is 0.567. The molecule has 0 saturated carbocycles. The number of ether oxygens (including phenoxy) is 2. The summed E-state index contributed by atoms with van der Waals surface area (Å²) < 4.78 is 35.5. The number of rotatable bonds is 6. The molecule has 1 amide bonds. The number of methoxy groups -OCH3 is 1. The number of piperidine rings is 1. The van der Waals surface area contributed by atoms with E-state index in [0.29, 0.717) is 25.4 Å². The van der Waals surface area contributed by atoms with Crippen LogP contribution in [0, 0.1) is 5.41 Å². The molecule has 0 atom stereocenters. The lowest BCUT2D eigenvalue weighted by Gasteiger charge is -2.45. The molecule has 1 fully saturated rings. The number of hydrogen-bond donors (Lipinski definition) is 1. The maximum absolute atomic E-state index is 13.5. The molecule has 2 aliphatic heterocycles. The number of amides is 1. The molecule has 0 aliphatic carbocycles. The fourth-order valence-corrected chi connectivity index (χ4v) is 6.49. The highest BCUT2D eigenvalue weighted by molar-refractivity contribution is 7.89. The predicted molar refractivity (Wildman–Crippen MR) is 153 cm³/mol. The lowest BCUT2D eigenvalue weighted by atomic mass is 9.73. The van der Waals surface area contributed by atoms with Gasteiger partial charge in [0.1, 0.15) is 18.1 Å². The van der Waals surface area contributed by atoms with Crippen molar-refractivity contribution in [1.29, 1.82) is 0 Å². The molecule has 2 N–H and O–H groups in total. The van der Waals surface area contributed by atoms with Gasteiger partial charge in [-0.05, 0) is 80.3 Å². The van der Waals surface area contributed by atoms with Crippen LogP contribution >= 0.6 is 0 Å². The zero-order valence-corrected chi connectivity index (χ0v) is 24.2. The molecular formula is C30H43N3O5S. The van der Waals surface area contributed by atoms with Gasteiger partial charge in [-0.1, -0.05) is 38.0 Å². The van der Waals surface area contributed by atoms with E-state index in [2.05, 4.69) is 30.0 Å². The minimum Gasteiger partial charge on any atom is -0.496 e. The Morgan fingerprint density at radius 3 is 2.56 bits per heavy atom. The standard InChI is InChI=1S/C30H43N3O5S/c1-3-4-17-32-20-21-38-27-11-6-5-9-24(27)10-7-8-14-30(23-32)15-18-33(19-16-30)29(34)26-22-25(39(31,35)36)12-13-28(26)37-2/h5-6,9,11-13,22H,3-4,7-8,10,14-21,23H2,1-2H3,(H2,31,35,36). The average molecular weight is 558 g/mol. The molecule has 2 heterocycles. The lowest BCUT2D eigenvalue weighted by Crippen LogP contribution is -2.49. The first-order valence-electron chi connectivity index (χ1n) is 14.2. The quantitative estimate of drug-likeness (QED) is 0.562. The van der Waals surface area contributed by atoms with Crippen molar-refractivity contribution >= 4 is 15.9 Å². The Kier molecular flexibility index (Phi) is 9.91. The third-order valence-electron chi connectivity index (χ3n) is 8.27. The first-order valence-corrected chi connectivity index (χ1v) is 15.7. The van der Waals surface area contributed by atoms with E-state index in [9.17, 15) is 13.2 Å². The van der Waals surface area contributed by atoms with Crippen LogP contribution in [0.25, 0.3) is 0 Å². The monoisotopic (exact) mass is 557 g/mol. The third kappa shape index (κ3) is 7.52. The topological polar surface area (TPSA) is 102 Å². The minimum absolute atomic E-state index is 0.0881. The summed E-state index contributed by atoms with van der Waals surface area (Å²) in [6, 6.07) is 12.6. The van der Waals surface area contributed by atoms with Gasteiger partial charge in [-0.25, -0.2) is 13.6 Å². The van der Waals surface area contributed by atoms with Crippen molar-refractivity contribution in [3.63, 3.8) is 0 Å². The first kappa shape index (κ1) is 29.4. The Morgan fingerprint density at radius 2 is 1.85 bits per heavy atom. The molecule has 0 unspecified atom stereocenters. The van der Waals surface area contributed by atoms with Crippen LogP contribution in [0.1, 0.15) is 67.8 Å². The number of hydrogen-bond acceptors (Lipinski definition) is 6. The number of nitrogens with zero attached hydrogens (tertiary/aromatic N) is 2. The van der Waals surface area contributed by atoms with E-state index in [0.717, 1.165) is 76.8 Å². The van der Waals surface area contributed by atoms with Crippen molar-refractivity contribution in [3.05, 3.63) is 53.6 Å². The van der Waals surface area contributed by atoms with Crippen LogP contribution in [-0.4, -0.2) is 70.6 Å². The highest BCUT2D eigenvalue weighted by atomic mass is 32.2. The Hall–Kier alpha value is -2.62. The average Bonchev–Trinajstić information content (AvgIpc) is 2.93. The maximum Gasteiger partial charge on any atom is 0.257 e. The number of unbranched alkanes of at least 4 members (excludes halogenated alkanes) is 1. The van der Waals surface area contributed by atoms with E-state index in [1.807, 2.05) is 11.0 Å². The predicted octanol–water partition coefficient (Wildman–Crippen LogP) is 4.47. The molecule has 0 bridgehead atoms. The van der Waals surface area contributed by atoms with E-state index in [1.54, 1.807) is 0 Å². The summed E-state index contributed by atoms with van der Waals surface area (Å²) in [5, 5.41) is 5.33. The fourth-order valence-electron chi connectivity index (χ4n) is 5.95. The summed E-state index contributed by atoms with van der Waals surface area (Å²) in [6.45, 7) is 7.08. The largest absolute Gasteiger partial charge is 0.496 e. The molecular weight excluding hydrogens is 514 g/mol. The van der Waals surface area contributed by atoms with Crippen LogP contribution in [0.5, 0.6) is 11.5 Å². The van der Waals surface area contributed by atoms with E-state index < -0.39 is 10.0 Å². The van der Waals surface area contributed by atoms with Crippen LogP contribution in [0.4, 0.5) is 0 Å². The summed E-state index contributed by atoms with van der Waals surface area (Å²) in [5.74, 6) is 1.15. The molecule has 2 aliphatic rings. The van der Waals surface area contributed by atoms with Gasteiger partial charge < -0.3 is 14.4 Å². The molecule has 2 aromatic rings. The number of fused-ring (bicyclic) bond motifs is 1. The van der Waals surface area contributed by atoms with Gasteiger partial charge in [-0.3, -0.25) is 9.69 Å². The molecule has 2 aromatic carbocycles. The van der Waals surface area contributed by atoms with Gasteiger partial charge in [0.25, 0.3) is 5.91 Å². The normalized spacial score (nSPS) is 18.9. The Morgan fingerprint density at radius 1 is 1.08 bits per heavy atom. The van der Waals surface area contributed by atoms with Gasteiger partial charge in [0.2, 0.25) is 10.0 Å². The minimum atomic E-state index is -3.93. The van der Waals surface area contributed by atoms with Crippen LogP contribution in [0.15, 0.2) is 47.4 Å². The zero-order valence-electron chi connectivity index (χ0n) is 23.4. The van der Waals surface area contributed by atoms with E-state index >= 15 is 0 Å². The lowest BCUT2D eigenvalue weighted by molar-refractivity contribution is 0.0373. The summed E-state index contributed by atoms with van der Waals surface area (Å²) >= 11 is 0. The van der Waals surface area contributed by atoms with Gasteiger partial charge in [0.05, 0.1) is 17.6 Å². The van der Waals surface area contributed by atoms with Crippen molar-refractivity contribution in [2.24, 2.45) is 10.6 Å². The molecule has 214 valence electrons. The van der Waals surface area contributed by atoms with Crippen LogP contribution in [-0.2, 0) is 16.4 Å². The summed E-state index contributed by atoms with van der Waals surface area (Å²) in [7, 11) is -2.45. The number of aryl methyl sites for hydroxylation is 1. The molecule has 1 spiro atoms. The molecule has 8 nitrogen and oxygen atoms in total. The second kappa shape index (κ2) is 13.2. The number of benzene rings is 2. The number of carbonyl (C=O) groups is 1. The van der Waals surface area contributed by atoms with Crippen molar-refractivity contribution in [2.75, 3.05) is 46.4 Å². The van der Waals surface area contributed by atoms with Crippen LogP contribution in [0.3, 0.4) is 0 Å². The zero-order chi connectivity index (χ0) is 27.9. The Balaban J connectivity index is 1.50. The van der Waals surface area contributed by atoms with Crippen molar-refractivity contribution in [1.82, 2.24) is 9.80 Å². The van der Waals surface area contributed by atoms with Gasteiger partial charge in [-0.15, -0.1) is 0 Å². The van der Waals surface area contributed by atoms with Crippen LogP contribution < -0.4 is 14.6 Å². The number of carbonyl (C=O) groups excluding carboxylic acids is 1. The summed E-state index contributed by atoms with van der Waals surface area (Å²) in [5.41, 5.74) is 1.65. The van der Waals surface area contributed by atoms with Gasteiger partial charge in [-0.2, -0.15) is 0 Å². The highest BCUT2D eigenvalue weighted by Gasteiger charge is 2.38. The molecule has 39 heavy (non-hydrogen) atoms. The number of para-hydroxylation sites is 1. The molecule has 0 aromatic heterocycles. The molecule has 4 rings (SSSR count). The number of primary sulfonamides is 1. The van der Waals surface area contributed by atoms with E-state index in [1.165, 1.54) is 30.9 Å². The van der Waals surface area contributed by atoms with Gasteiger partial charge >= 0.3 is 0 Å². The second-order valence-corrected chi connectivity index (χ2v) is 12.6. The second-order valence-electron chi connectivity index (χ2n) is 11.0. The number of nitrogens with two attached hydrogens (primary N) is 1. The molecule has 9 heteroatoms. The summed E-state index contributed by atoms with van der Waals surface area (Å²) in [6.07, 6.45) is 8.51. The smallest absolute Gasteiger partial charge is 0.257 e. The maximum atomic E-state index is 13.5. The highest BCUT2D eigenvalue weighted by Crippen LogP contribution is 2.39. The number of likely N-dealkylation sites (tertiary alicyclic amines) is 1. The molecule has 0 radical (unpaired) electrons. The van der Waals surface area contributed by atoms with Crippen molar-refractivity contribution in [3.8, 4) is 11.5 Å². The summed E-state index contributed by atoms with van der Waals surface area (Å²) in [4.78, 5) is 17.8.